The van der Waals surface area contributed by atoms with Crippen LogP contribution in [0.2, 0.25) is 10.0 Å². The Balaban J connectivity index is 2.24. The van der Waals surface area contributed by atoms with Crippen molar-refractivity contribution < 1.29 is 0 Å². The van der Waals surface area contributed by atoms with Crippen LogP contribution in [0.5, 0.6) is 0 Å². The number of nitrogens with one attached hydrogen (secondary N) is 1. The van der Waals surface area contributed by atoms with Crippen molar-refractivity contribution in [3.05, 3.63) is 50.4 Å². The van der Waals surface area contributed by atoms with Gasteiger partial charge in [-0.1, -0.05) is 29.3 Å². The minimum Gasteiger partial charge on any atom is -0.289 e. The molecule has 21 heavy (non-hydrogen) atoms. The standard InChI is InChI=1S/C14H11Cl2N3OS/c1-7-13(21-2)14(20)19-12(17-7)6-11(18-19)8-3-4-9(15)10(16)5-8/h3-6,18H,1-2H3. The first-order valence-corrected chi connectivity index (χ1v) is 8.11. The molecular formula is C14H11Cl2N3OS. The minimum atomic E-state index is -0.101. The molecule has 0 amide bonds. The maximum Gasteiger partial charge on any atom is 0.286 e. The molecule has 4 nitrogen and oxygen atoms in total. The molecule has 0 fully saturated rings. The Morgan fingerprint density at radius 1 is 1.24 bits per heavy atom. The molecule has 3 aromatic rings. The molecule has 0 spiro atoms. The summed E-state index contributed by atoms with van der Waals surface area (Å²) >= 11 is 13.3. The smallest absolute Gasteiger partial charge is 0.286 e. The van der Waals surface area contributed by atoms with Crippen molar-refractivity contribution in [1.82, 2.24) is 14.6 Å². The van der Waals surface area contributed by atoms with Gasteiger partial charge >= 0.3 is 0 Å². The first-order valence-electron chi connectivity index (χ1n) is 6.13. The van der Waals surface area contributed by atoms with Crippen LogP contribution in [-0.4, -0.2) is 20.9 Å². The quantitative estimate of drug-likeness (QED) is 0.717. The van der Waals surface area contributed by atoms with E-state index in [-0.39, 0.29) is 5.56 Å². The van der Waals surface area contributed by atoms with Crippen molar-refractivity contribution in [2.24, 2.45) is 0 Å². The predicted octanol–water partition coefficient (Wildman–Crippen LogP) is 4.03. The molecule has 0 radical (unpaired) electrons. The second kappa shape index (κ2) is 5.40. The average molecular weight is 340 g/mol. The van der Waals surface area contributed by atoms with Gasteiger partial charge in [0.1, 0.15) is 0 Å². The molecule has 2 aromatic heterocycles. The van der Waals surface area contributed by atoms with E-state index in [2.05, 4.69) is 10.1 Å². The van der Waals surface area contributed by atoms with Gasteiger partial charge in [0, 0.05) is 11.6 Å². The van der Waals surface area contributed by atoms with E-state index in [1.54, 1.807) is 12.1 Å². The fourth-order valence-corrected chi connectivity index (χ4v) is 3.07. The maximum atomic E-state index is 12.4. The van der Waals surface area contributed by atoms with Crippen LogP contribution < -0.4 is 5.56 Å². The highest BCUT2D eigenvalue weighted by atomic mass is 35.5. The topological polar surface area (TPSA) is 50.2 Å². The fraction of sp³-hybridized carbons (Fsp3) is 0.143. The van der Waals surface area contributed by atoms with Crippen LogP contribution >= 0.6 is 35.0 Å². The van der Waals surface area contributed by atoms with Crippen LogP contribution in [0.4, 0.5) is 0 Å². The van der Waals surface area contributed by atoms with Crippen molar-refractivity contribution in [1.29, 1.82) is 0 Å². The van der Waals surface area contributed by atoms with E-state index < -0.39 is 0 Å². The van der Waals surface area contributed by atoms with Crippen LogP contribution in [0.3, 0.4) is 0 Å². The van der Waals surface area contributed by atoms with Crippen molar-refractivity contribution in [3.63, 3.8) is 0 Å². The van der Waals surface area contributed by atoms with Gasteiger partial charge in [0.15, 0.2) is 5.65 Å². The minimum absolute atomic E-state index is 0.101. The number of aromatic nitrogens is 3. The van der Waals surface area contributed by atoms with E-state index >= 15 is 0 Å². The maximum absolute atomic E-state index is 12.4. The molecule has 0 bridgehead atoms. The highest BCUT2D eigenvalue weighted by molar-refractivity contribution is 7.98. The number of fused-ring (bicyclic) bond motifs is 1. The van der Waals surface area contributed by atoms with Gasteiger partial charge in [-0.3, -0.25) is 9.89 Å². The van der Waals surface area contributed by atoms with E-state index in [1.807, 2.05) is 25.3 Å². The third-order valence-electron chi connectivity index (χ3n) is 3.18. The lowest BCUT2D eigenvalue weighted by molar-refractivity contribution is 0.854. The van der Waals surface area contributed by atoms with E-state index in [4.69, 9.17) is 23.2 Å². The van der Waals surface area contributed by atoms with Crippen LogP contribution in [0.1, 0.15) is 5.69 Å². The third kappa shape index (κ3) is 2.46. The molecule has 0 aliphatic heterocycles. The summed E-state index contributed by atoms with van der Waals surface area (Å²) in [6.07, 6.45) is 1.86. The summed E-state index contributed by atoms with van der Waals surface area (Å²) in [6.45, 7) is 1.83. The molecule has 1 aromatic carbocycles. The van der Waals surface area contributed by atoms with Crippen molar-refractivity contribution >= 4 is 40.6 Å². The van der Waals surface area contributed by atoms with Crippen molar-refractivity contribution in [2.45, 2.75) is 11.8 Å². The number of rotatable bonds is 2. The Kier molecular flexibility index (Phi) is 3.73. The second-order valence-electron chi connectivity index (χ2n) is 4.53. The highest BCUT2D eigenvalue weighted by Crippen LogP contribution is 2.28. The lowest BCUT2D eigenvalue weighted by Gasteiger charge is -2.01. The van der Waals surface area contributed by atoms with Crippen LogP contribution in [0.25, 0.3) is 16.9 Å². The van der Waals surface area contributed by atoms with Gasteiger partial charge in [0.05, 0.1) is 26.3 Å². The predicted molar refractivity (Wildman–Crippen MR) is 87.8 cm³/mol. The fourth-order valence-electron chi connectivity index (χ4n) is 2.17. The lowest BCUT2D eigenvalue weighted by atomic mass is 10.1. The van der Waals surface area contributed by atoms with Crippen LogP contribution in [-0.2, 0) is 0 Å². The van der Waals surface area contributed by atoms with E-state index in [1.165, 1.54) is 16.3 Å². The van der Waals surface area contributed by atoms with Gasteiger partial charge in [0.25, 0.3) is 5.56 Å². The van der Waals surface area contributed by atoms with Crippen molar-refractivity contribution in [3.8, 4) is 11.3 Å². The largest absolute Gasteiger partial charge is 0.289 e. The lowest BCUT2D eigenvalue weighted by Crippen LogP contribution is -2.18. The number of benzene rings is 1. The van der Waals surface area contributed by atoms with Gasteiger partial charge in [0.2, 0.25) is 0 Å². The summed E-state index contributed by atoms with van der Waals surface area (Å²) in [5, 5.41) is 4.02. The molecule has 0 aliphatic rings. The summed E-state index contributed by atoms with van der Waals surface area (Å²) < 4.78 is 1.44. The van der Waals surface area contributed by atoms with Crippen molar-refractivity contribution in [2.75, 3.05) is 6.26 Å². The summed E-state index contributed by atoms with van der Waals surface area (Å²) in [4.78, 5) is 17.4. The van der Waals surface area contributed by atoms with E-state index in [9.17, 15) is 4.79 Å². The summed E-state index contributed by atoms with van der Waals surface area (Å²) in [5.41, 5.74) is 2.81. The average Bonchev–Trinajstić information content (AvgIpc) is 2.86. The molecule has 2 heterocycles. The van der Waals surface area contributed by atoms with Crippen LogP contribution in [0, 0.1) is 6.92 Å². The van der Waals surface area contributed by atoms with Gasteiger partial charge in [-0.05, 0) is 25.3 Å². The number of aromatic amines is 1. The highest BCUT2D eigenvalue weighted by Gasteiger charge is 2.12. The summed E-state index contributed by atoms with van der Waals surface area (Å²) in [7, 11) is 0. The monoisotopic (exact) mass is 339 g/mol. The zero-order valence-electron chi connectivity index (χ0n) is 11.3. The summed E-state index contributed by atoms with van der Waals surface area (Å²) in [5.74, 6) is 0. The molecule has 0 saturated heterocycles. The zero-order valence-corrected chi connectivity index (χ0v) is 13.6. The van der Waals surface area contributed by atoms with Gasteiger partial charge in [-0.2, -0.15) is 0 Å². The molecule has 108 valence electrons. The van der Waals surface area contributed by atoms with Crippen LogP contribution in [0.15, 0.2) is 34.0 Å². The molecule has 7 heteroatoms. The Labute approximate surface area is 135 Å². The van der Waals surface area contributed by atoms with Gasteiger partial charge < -0.3 is 0 Å². The van der Waals surface area contributed by atoms with E-state index in [0.717, 1.165) is 17.0 Å². The Bertz CT molecular complexity index is 901. The Morgan fingerprint density at radius 3 is 2.67 bits per heavy atom. The van der Waals surface area contributed by atoms with Gasteiger partial charge in [-0.15, -0.1) is 11.8 Å². The number of thioether (sulfide) groups is 1. The molecule has 0 atom stereocenters. The van der Waals surface area contributed by atoms with E-state index in [0.29, 0.717) is 20.6 Å². The molecule has 1 N–H and O–H groups in total. The SMILES string of the molecule is CSc1c(C)nc2cc(-c3ccc(Cl)c(Cl)c3)[nH]n2c1=O. The number of aryl methyl sites for hydroxylation is 1. The first kappa shape index (κ1) is 14.5. The molecule has 0 unspecified atom stereocenters. The number of H-pyrrole nitrogens is 1. The number of hydrogen-bond acceptors (Lipinski definition) is 3. The molecule has 0 saturated carbocycles. The number of hydrogen-bond donors (Lipinski definition) is 1. The third-order valence-corrected chi connectivity index (χ3v) is 4.80. The zero-order chi connectivity index (χ0) is 15.1. The number of nitrogens with zero attached hydrogens (tertiary/aromatic N) is 2. The first-order chi connectivity index (χ1) is 10.0. The Morgan fingerprint density at radius 2 is 2.00 bits per heavy atom. The molecule has 3 rings (SSSR count). The second-order valence-corrected chi connectivity index (χ2v) is 6.16. The normalized spacial score (nSPS) is 11.2. The summed E-state index contributed by atoms with van der Waals surface area (Å²) in [6, 6.07) is 7.13. The number of halogens is 2. The molecule has 0 aliphatic carbocycles. The molecular weight excluding hydrogens is 329 g/mol. The van der Waals surface area contributed by atoms with Gasteiger partial charge in [-0.25, -0.2) is 9.50 Å². The Hall–Kier alpha value is -1.43.